The summed E-state index contributed by atoms with van der Waals surface area (Å²) in [7, 11) is 0. The summed E-state index contributed by atoms with van der Waals surface area (Å²) in [6.07, 6.45) is -4.84. The van der Waals surface area contributed by atoms with E-state index in [2.05, 4.69) is 11.8 Å². The van der Waals surface area contributed by atoms with Crippen molar-refractivity contribution in [2.24, 2.45) is 0 Å². The van der Waals surface area contributed by atoms with E-state index in [1.165, 1.54) is 12.1 Å². The molecule has 0 saturated carbocycles. The van der Waals surface area contributed by atoms with Crippen molar-refractivity contribution in [2.45, 2.75) is 6.18 Å². The number of alkyl halides is 4. The summed E-state index contributed by atoms with van der Waals surface area (Å²) in [4.78, 5) is 10.8. The molecule has 0 heterocycles. The Morgan fingerprint density at radius 1 is 1.25 bits per heavy atom. The molecule has 0 fully saturated rings. The van der Waals surface area contributed by atoms with Crippen LogP contribution in [0.1, 0.15) is 15.9 Å². The van der Waals surface area contributed by atoms with Gasteiger partial charge in [0, 0.05) is 11.1 Å². The summed E-state index contributed by atoms with van der Waals surface area (Å²) in [6.45, 7) is 0. The quantitative estimate of drug-likeness (QED) is 0.423. The minimum atomic E-state index is -4.84. The molecule has 5 heteroatoms. The highest BCUT2D eigenvalue weighted by atomic mass is 35.5. The van der Waals surface area contributed by atoms with Crippen molar-refractivity contribution in [3.63, 3.8) is 0 Å². The lowest BCUT2D eigenvalue weighted by Gasteiger charge is -2.04. The fraction of sp³-hybridized carbons (Fsp3) is 0.182. The van der Waals surface area contributed by atoms with Gasteiger partial charge in [-0.25, -0.2) is 0 Å². The van der Waals surface area contributed by atoms with Crippen molar-refractivity contribution in [1.82, 2.24) is 0 Å². The van der Waals surface area contributed by atoms with Crippen molar-refractivity contribution in [3.8, 4) is 11.8 Å². The molecular formula is C11H6ClF3O. The second-order valence-corrected chi connectivity index (χ2v) is 3.11. The van der Waals surface area contributed by atoms with Crippen LogP contribution in [0.2, 0.25) is 0 Å². The number of Topliss-reactive ketones (excluding diaryl/α,β-unsaturated/α-hetero) is 1. The van der Waals surface area contributed by atoms with E-state index in [1.54, 1.807) is 0 Å². The first kappa shape index (κ1) is 12.6. The first-order valence-electron chi connectivity index (χ1n) is 4.21. The lowest BCUT2D eigenvalue weighted by Crippen LogP contribution is -2.22. The van der Waals surface area contributed by atoms with Crippen LogP contribution in [-0.2, 0) is 0 Å². The standard InChI is InChI=1S/C11H6ClF3O/c12-7-1-2-8-3-5-9(6-4-8)10(16)11(13,14)15/h3-6H,7H2. The van der Waals surface area contributed by atoms with Gasteiger partial charge >= 0.3 is 6.18 Å². The summed E-state index contributed by atoms with van der Waals surface area (Å²) >= 11 is 5.32. The number of rotatable bonds is 1. The Bertz CT molecular complexity index is 437. The molecule has 0 radical (unpaired) electrons. The van der Waals surface area contributed by atoms with Gasteiger partial charge in [-0.3, -0.25) is 4.79 Å². The molecule has 0 aliphatic carbocycles. The zero-order valence-corrected chi connectivity index (χ0v) is 8.69. The van der Waals surface area contributed by atoms with E-state index in [-0.39, 0.29) is 5.88 Å². The lowest BCUT2D eigenvalue weighted by atomic mass is 10.1. The van der Waals surface area contributed by atoms with Crippen LogP contribution >= 0.6 is 11.6 Å². The van der Waals surface area contributed by atoms with E-state index in [4.69, 9.17) is 11.6 Å². The molecule has 1 rings (SSSR count). The zero-order chi connectivity index (χ0) is 12.2. The Hall–Kier alpha value is -1.47. The number of carbonyl (C=O) groups excluding carboxylic acids is 1. The van der Waals surface area contributed by atoms with Gasteiger partial charge in [0.15, 0.2) is 0 Å². The largest absolute Gasteiger partial charge is 0.454 e. The van der Waals surface area contributed by atoms with Gasteiger partial charge in [-0.2, -0.15) is 13.2 Å². The SMILES string of the molecule is O=C(c1ccc(C#CCCl)cc1)C(F)(F)F. The van der Waals surface area contributed by atoms with Crippen LogP contribution in [0, 0.1) is 11.8 Å². The van der Waals surface area contributed by atoms with Gasteiger partial charge in [-0.05, 0) is 24.3 Å². The number of halogens is 4. The van der Waals surface area contributed by atoms with Crippen molar-refractivity contribution in [3.05, 3.63) is 35.4 Å². The summed E-state index contributed by atoms with van der Waals surface area (Å²) in [5.41, 5.74) is 0.114. The molecule has 0 atom stereocenters. The average molecular weight is 247 g/mol. The zero-order valence-electron chi connectivity index (χ0n) is 7.94. The molecule has 0 spiro atoms. The molecule has 1 aromatic rings. The third kappa shape index (κ3) is 3.28. The number of hydrogen-bond acceptors (Lipinski definition) is 1. The van der Waals surface area contributed by atoms with Gasteiger partial charge < -0.3 is 0 Å². The highest BCUT2D eigenvalue weighted by Gasteiger charge is 2.38. The second kappa shape index (κ2) is 5.04. The van der Waals surface area contributed by atoms with E-state index in [9.17, 15) is 18.0 Å². The molecule has 0 aliphatic heterocycles. The molecule has 1 nitrogen and oxygen atoms in total. The molecule has 16 heavy (non-hydrogen) atoms. The molecule has 0 amide bonds. The van der Waals surface area contributed by atoms with Crippen molar-refractivity contribution < 1.29 is 18.0 Å². The minimum absolute atomic E-state index is 0.142. The van der Waals surface area contributed by atoms with Crippen LogP contribution in [-0.4, -0.2) is 17.8 Å². The summed E-state index contributed by atoms with van der Waals surface area (Å²) in [5.74, 6) is 3.46. The molecule has 0 aromatic heterocycles. The van der Waals surface area contributed by atoms with Gasteiger partial charge in [0.25, 0.3) is 5.78 Å². The van der Waals surface area contributed by atoms with Crippen LogP contribution in [0.5, 0.6) is 0 Å². The molecule has 0 aliphatic rings. The Labute approximate surface area is 95.2 Å². The van der Waals surface area contributed by atoms with Crippen LogP contribution in [0.3, 0.4) is 0 Å². The highest BCUT2D eigenvalue weighted by molar-refractivity contribution is 6.19. The Morgan fingerprint density at radius 3 is 2.25 bits per heavy atom. The first-order valence-corrected chi connectivity index (χ1v) is 4.75. The lowest BCUT2D eigenvalue weighted by molar-refractivity contribution is -0.0885. The smallest absolute Gasteiger partial charge is 0.284 e. The third-order valence-corrected chi connectivity index (χ3v) is 1.84. The predicted molar refractivity (Wildman–Crippen MR) is 54.4 cm³/mol. The van der Waals surface area contributed by atoms with Crippen LogP contribution in [0.25, 0.3) is 0 Å². The summed E-state index contributed by atoms with van der Waals surface area (Å²) in [5, 5.41) is 0. The van der Waals surface area contributed by atoms with Crippen molar-refractivity contribution in [1.29, 1.82) is 0 Å². The number of benzene rings is 1. The van der Waals surface area contributed by atoms with Gasteiger partial charge in [0.1, 0.15) is 0 Å². The van der Waals surface area contributed by atoms with Gasteiger partial charge in [0.2, 0.25) is 0 Å². The summed E-state index contributed by atoms with van der Waals surface area (Å²) < 4.78 is 36.1. The average Bonchev–Trinajstić information content (AvgIpc) is 2.25. The Kier molecular flexibility index (Phi) is 3.97. The molecular weight excluding hydrogens is 241 g/mol. The van der Waals surface area contributed by atoms with E-state index in [0.29, 0.717) is 5.56 Å². The maximum atomic E-state index is 12.0. The van der Waals surface area contributed by atoms with E-state index in [0.717, 1.165) is 12.1 Å². The van der Waals surface area contributed by atoms with Gasteiger partial charge in [-0.1, -0.05) is 11.8 Å². The maximum Gasteiger partial charge on any atom is 0.454 e. The van der Waals surface area contributed by atoms with Crippen LogP contribution in [0.15, 0.2) is 24.3 Å². The van der Waals surface area contributed by atoms with Crippen molar-refractivity contribution in [2.75, 3.05) is 5.88 Å². The van der Waals surface area contributed by atoms with Crippen molar-refractivity contribution >= 4 is 17.4 Å². The molecule has 0 N–H and O–H groups in total. The summed E-state index contributed by atoms with van der Waals surface area (Å²) in [6, 6.07) is 4.87. The maximum absolute atomic E-state index is 12.0. The number of ketones is 1. The predicted octanol–water partition coefficient (Wildman–Crippen LogP) is 3.02. The molecule has 0 bridgehead atoms. The topological polar surface area (TPSA) is 17.1 Å². The second-order valence-electron chi connectivity index (χ2n) is 2.84. The Balaban J connectivity index is 2.91. The number of hydrogen-bond donors (Lipinski definition) is 0. The van der Waals surface area contributed by atoms with E-state index < -0.39 is 17.5 Å². The molecule has 84 valence electrons. The van der Waals surface area contributed by atoms with E-state index in [1.807, 2.05) is 0 Å². The fourth-order valence-corrected chi connectivity index (χ4v) is 1.07. The monoisotopic (exact) mass is 246 g/mol. The van der Waals surface area contributed by atoms with Gasteiger partial charge in [-0.15, -0.1) is 11.6 Å². The highest BCUT2D eigenvalue weighted by Crippen LogP contribution is 2.21. The Morgan fingerprint density at radius 2 is 1.81 bits per heavy atom. The minimum Gasteiger partial charge on any atom is -0.284 e. The van der Waals surface area contributed by atoms with Gasteiger partial charge in [0.05, 0.1) is 5.88 Å². The van der Waals surface area contributed by atoms with E-state index >= 15 is 0 Å². The van der Waals surface area contributed by atoms with Crippen LogP contribution in [0.4, 0.5) is 13.2 Å². The molecule has 1 aromatic carbocycles. The number of carbonyl (C=O) groups is 1. The normalized spacial score (nSPS) is 10.5. The first-order chi connectivity index (χ1) is 7.45. The third-order valence-electron chi connectivity index (χ3n) is 1.70. The van der Waals surface area contributed by atoms with Crippen LogP contribution < -0.4 is 0 Å². The molecule has 0 unspecified atom stereocenters. The fourth-order valence-electron chi connectivity index (χ4n) is 1.00. The molecule has 0 saturated heterocycles.